The van der Waals surface area contributed by atoms with Gasteiger partial charge in [-0.1, -0.05) is 32.0 Å². The Kier molecular flexibility index (Phi) is 5.73. The number of anilines is 1. The van der Waals surface area contributed by atoms with Crippen molar-refractivity contribution in [3.63, 3.8) is 0 Å². The Balaban J connectivity index is 1.31. The highest BCUT2D eigenvalue weighted by atomic mass is 15.3. The summed E-state index contributed by atoms with van der Waals surface area (Å²) in [5.41, 5.74) is 9.33. The third-order valence-electron chi connectivity index (χ3n) is 6.65. The van der Waals surface area contributed by atoms with Crippen molar-refractivity contribution in [2.75, 3.05) is 5.32 Å². The molecule has 0 aliphatic heterocycles. The number of rotatable bonds is 7. The number of aromatic nitrogens is 6. The van der Waals surface area contributed by atoms with E-state index in [0.717, 1.165) is 52.7 Å². The van der Waals surface area contributed by atoms with Crippen molar-refractivity contribution >= 4 is 11.3 Å². The summed E-state index contributed by atoms with van der Waals surface area (Å²) in [7, 11) is 0. The number of aromatic amines is 1. The fraction of sp³-hybridized carbons (Fsp3) is 0.286. The van der Waals surface area contributed by atoms with Gasteiger partial charge >= 0.3 is 0 Å². The summed E-state index contributed by atoms with van der Waals surface area (Å²) in [5.74, 6) is 0.856. The van der Waals surface area contributed by atoms with Crippen LogP contribution in [0, 0.1) is 6.92 Å². The van der Waals surface area contributed by atoms with E-state index in [9.17, 15) is 0 Å². The van der Waals surface area contributed by atoms with Gasteiger partial charge in [0.25, 0.3) is 0 Å². The molecule has 5 aromatic rings. The van der Waals surface area contributed by atoms with Crippen molar-refractivity contribution in [1.82, 2.24) is 34.9 Å². The lowest BCUT2D eigenvalue weighted by atomic mass is 10.1. The molecule has 0 amide bonds. The van der Waals surface area contributed by atoms with Gasteiger partial charge in [0.2, 0.25) is 0 Å². The van der Waals surface area contributed by atoms with E-state index < -0.39 is 0 Å². The SMILES string of the molecule is Cc1cccc(-c2[nH]c(CNc3cccc4c3CC(NC(C)C)C4)nc2-c2ccc3ncnn3c2)n1. The predicted octanol–water partition coefficient (Wildman–Crippen LogP) is 4.57. The van der Waals surface area contributed by atoms with Crippen LogP contribution in [0.1, 0.15) is 36.5 Å². The molecule has 1 aliphatic rings. The number of fused-ring (bicyclic) bond motifs is 2. The largest absolute Gasteiger partial charge is 0.378 e. The number of hydrogen-bond acceptors (Lipinski definition) is 6. The second-order valence-electron chi connectivity index (χ2n) is 9.78. The highest BCUT2D eigenvalue weighted by molar-refractivity contribution is 5.77. The quantitative estimate of drug-likeness (QED) is 0.317. The predicted molar refractivity (Wildman–Crippen MR) is 142 cm³/mol. The van der Waals surface area contributed by atoms with Crippen LogP contribution in [-0.2, 0) is 19.4 Å². The lowest BCUT2D eigenvalue weighted by molar-refractivity contribution is 0.478. The molecule has 0 spiro atoms. The van der Waals surface area contributed by atoms with Crippen LogP contribution in [-0.4, -0.2) is 41.6 Å². The number of pyridine rings is 2. The third kappa shape index (κ3) is 4.35. The molecule has 6 rings (SSSR count). The molecule has 1 atom stereocenters. The number of H-pyrrole nitrogens is 1. The van der Waals surface area contributed by atoms with Gasteiger partial charge in [0, 0.05) is 35.2 Å². The molecule has 0 fully saturated rings. The standard InChI is InChI=1S/C28H30N8/c1-17(2)32-21-12-19-7-5-8-23(22(19)13-21)29-14-25-34-27(20-10-11-26-30-16-31-36(26)15-20)28(35-25)24-9-4-6-18(3)33-24/h4-11,15-17,21,29,32H,12-14H2,1-3H3,(H,34,35). The zero-order chi connectivity index (χ0) is 24.6. The monoisotopic (exact) mass is 478 g/mol. The number of benzene rings is 1. The molecule has 8 heteroatoms. The second kappa shape index (κ2) is 9.20. The number of aryl methyl sites for hydroxylation is 1. The molecule has 8 nitrogen and oxygen atoms in total. The van der Waals surface area contributed by atoms with Crippen LogP contribution in [0.2, 0.25) is 0 Å². The molecule has 4 heterocycles. The number of nitrogens with one attached hydrogen (secondary N) is 3. The van der Waals surface area contributed by atoms with Crippen LogP contribution in [0.5, 0.6) is 0 Å². The Hall–Kier alpha value is -4.04. The minimum absolute atomic E-state index is 0.479. The molecule has 0 radical (unpaired) electrons. The van der Waals surface area contributed by atoms with Gasteiger partial charge in [0.1, 0.15) is 12.2 Å². The highest BCUT2D eigenvalue weighted by Gasteiger charge is 2.24. The normalized spacial score (nSPS) is 15.1. The van der Waals surface area contributed by atoms with E-state index >= 15 is 0 Å². The summed E-state index contributed by atoms with van der Waals surface area (Å²) in [4.78, 5) is 17.6. The lowest BCUT2D eigenvalue weighted by Crippen LogP contribution is -2.35. The minimum atomic E-state index is 0.479. The fourth-order valence-corrected chi connectivity index (χ4v) is 5.12. The molecule has 0 saturated heterocycles. The molecule has 1 aliphatic carbocycles. The Morgan fingerprint density at radius 3 is 2.81 bits per heavy atom. The van der Waals surface area contributed by atoms with Crippen molar-refractivity contribution < 1.29 is 0 Å². The van der Waals surface area contributed by atoms with E-state index in [1.54, 1.807) is 10.8 Å². The summed E-state index contributed by atoms with van der Waals surface area (Å²) >= 11 is 0. The van der Waals surface area contributed by atoms with Crippen molar-refractivity contribution in [1.29, 1.82) is 0 Å². The summed E-state index contributed by atoms with van der Waals surface area (Å²) in [6.07, 6.45) is 5.63. The van der Waals surface area contributed by atoms with Gasteiger partial charge in [-0.2, -0.15) is 5.10 Å². The fourth-order valence-electron chi connectivity index (χ4n) is 5.12. The van der Waals surface area contributed by atoms with Crippen molar-refractivity contribution in [2.24, 2.45) is 0 Å². The van der Waals surface area contributed by atoms with Gasteiger partial charge in [-0.3, -0.25) is 4.98 Å². The van der Waals surface area contributed by atoms with Crippen LogP contribution < -0.4 is 10.6 Å². The van der Waals surface area contributed by atoms with Gasteiger partial charge in [0.05, 0.1) is 23.6 Å². The van der Waals surface area contributed by atoms with Gasteiger partial charge in [-0.05, 0) is 61.2 Å². The summed E-state index contributed by atoms with van der Waals surface area (Å²) < 4.78 is 1.77. The van der Waals surface area contributed by atoms with Crippen molar-refractivity contribution in [3.8, 4) is 22.6 Å². The second-order valence-corrected chi connectivity index (χ2v) is 9.78. The third-order valence-corrected chi connectivity index (χ3v) is 6.65. The van der Waals surface area contributed by atoms with Crippen LogP contribution >= 0.6 is 0 Å². The van der Waals surface area contributed by atoms with E-state index in [1.165, 1.54) is 16.8 Å². The molecule has 182 valence electrons. The molecular weight excluding hydrogens is 448 g/mol. The average molecular weight is 479 g/mol. The smallest absolute Gasteiger partial charge is 0.155 e. The molecule has 4 aromatic heterocycles. The van der Waals surface area contributed by atoms with Gasteiger partial charge in [-0.15, -0.1) is 0 Å². The van der Waals surface area contributed by atoms with E-state index in [4.69, 9.17) is 9.97 Å². The molecule has 36 heavy (non-hydrogen) atoms. The van der Waals surface area contributed by atoms with E-state index in [-0.39, 0.29) is 0 Å². The maximum atomic E-state index is 5.01. The summed E-state index contributed by atoms with van der Waals surface area (Å²) in [5, 5.41) is 11.6. The van der Waals surface area contributed by atoms with Crippen LogP contribution in [0.3, 0.4) is 0 Å². The number of imidazole rings is 1. The first kappa shape index (κ1) is 22.4. The molecular formula is C28H30N8. The summed E-state index contributed by atoms with van der Waals surface area (Å²) in [6, 6.07) is 17.5. The number of nitrogens with zero attached hydrogens (tertiary/aromatic N) is 5. The van der Waals surface area contributed by atoms with Crippen molar-refractivity contribution in [2.45, 2.75) is 52.2 Å². The first-order chi connectivity index (χ1) is 17.5. The van der Waals surface area contributed by atoms with E-state index in [1.807, 2.05) is 43.5 Å². The maximum absolute atomic E-state index is 5.01. The molecule has 1 aromatic carbocycles. The highest BCUT2D eigenvalue weighted by Crippen LogP contribution is 2.32. The molecule has 0 bridgehead atoms. The lowest BCUT2D eigenvalue weighted by Gasteiger charge is -2.15. The first-order valence-electron chi connectivity index (χ1n) is 12.5. The molecule has 3 N–H and O–H groups in total. The average Bonchev–Trinajstić information content (AvgIpc) is 3.59. The van der Waals surface area contributed by atoms with Gasteiger partial charge in [0.15, 0.2) is 5.65 Å². The Labute approximate surface area is 210 Å². The van der Waals surface area contributed by atoms with E-state index in [2.05, 4.69) is 57.7 Å². The van der Waals surface area contributed by atoms with E-state index in [0.29, 0.717) is 18.6 Å². The van der Waals surface area contributed by atoms with Crippen LogP contribution in [0.4, 0.5) is 5.69 Å². The number of hydrogen-bond donors (Lipinski definition) is 3. The van der Waals surface area contributed by atoms with Crippen molar-refractivity contribution in [3.05, 3.63) is 83.7 Å². The minimum Gasteiger partial charge on any atom is -0.378 e. The van der Waals surface area contributed by atoms with Crippen LogP contribution in [0.15, 0.2) is 61.1 Å². The van der Waals surface area contributed by atoms with Crippen LogP contribution in [0.25, 0.3) is 28.3 Å². The molecule has 0 saturated carbocycles. The van der Waals surface area contributed by atoms with Gasteiger partial charge < -0.3 is 15.6 Å². The Morgan fingerprint density at radius 2 is 1.94 bits per heavy atom. The maximum Gasteiger partial charge on any atom is 0.155 e. The zero-order valence-electron chi connectivity index (χ0n) is 20.8. The first-order valence-corrected chi connectivity index (χ1v) is 12.5. The Morgan fingerprint density at radius 1 is 1.06 bits per heavy atom. The molecule has 1 unspecified atom stereocenters. The van der Waals surface area contributed by atoms with Gasteiger partial charge in [-0.25, -0.2) is 14.5 Å². The zero-order valence-corrected chi connectivity index (χ0v) is 20.8. The Bertz CT molecular complexity index is 1530. The summed E-state index contributed by atoms with van der Waals surface area (Å²) in [6.45, 7) is 7.00. The topological polar surface area (TPSA) is 95.8 Å².